The Hall–Kier alpha value is -0.610. The van der Waals surface area contributed by atoms with E-state index in [1.165, 1.54) is 6.42 Å². The first-order valence-corrected chi connectivity index (χ1v) is 6.15. The molecule has 0 aromatic carbocycles. The highest BCUT2D eigenvalue weighted by Gasteiger charge is 2.43. The highest BCUT2D eigenvalue weighted by Crippen LogP contribution is 2.36. The molecule has 0 radical (unpaired) electrons. The third-order valence-electron chi connectivity index (χ3n) is 3.92. The van der Waals surface area contributed by atoms with Crippen LogP contribution < -0.4 is 5.32 Å². The van der Waals surface area contributed by atoms with Crippen molar-refractivity contribution in [2.75, 3.05) is 20.3 Å². The third kappa shape index (κ3) is 1.96. The van der Waals surface area contributed by atoms with E-state index in [2.05, 4.69) is 19.2 Å². The van der Waals surface area contributed by atoms with Crippen LogP contribution in [0.2, 0.25) is 0 Å². The smallest absolute Gasteiger partial charge is 0.241 e. The number of nitrogens with one attached hydrogen (secondary N) is 1. The largest absolute Gasteiger partial charge is 0.376 e. The Morgan fingerprint density at radius 1 is 1.56 bits per heavy atom. The van der Waals surface area contributed by atoms with Crippen molar-refractivity contribution < 1.29 is 9.53 Å². The first-order chi connectivity index (χ1) is 7.58. The number of carbonyl (C=O) groups excluding carboxylic acids is 1. The first kappa shape index (κ1) is 11.9. The van der Waals surface area contributed by atoms with Crippen LogP contribution in [0.3, 0.4) is 0 Å². The van der Waals surface area contributed by atoms with Gasteiger partial charge in [0.1, 0.15) is 0 Å². The van der Waals surface area contributed by atoms with Crippen LogP contribution >= 0.6 is 0 Å². The van der Waals surface area contributed by atoms with Crippen LogP contribution in [-0.4, -0.2) is 42.8 Å². The molecule has 1 aliphatic heterocycles. The molecule has 2 rings (SSSR count). The Balaban J connectivity index is 1.94. The molecule has 1 saturated carbocycles. The van der Waals surface area contributed by atoms with Gasteiger partial charge in [0.25, 0.3) is 0 Å². The molecule has 0 spiro atoms. The van der Waals surface area contributed by atoms with Crippen LogP contribution in [0, 0.1) is 5.92 Å². The molecule has 1 saturated heterocycles. The van der Waals surface area contributed by atoms with Crippen molar-refractivity contribution in [1.82, 2.24) is 10.2 Å². The maximum atomic E-state index is 12.1. The van der Waals surface area contributed by atoms with Gasteiger partial charge >= 0.3 is 0 Å². The van der Waals surface area contributed by atoms with Crippen molar-refractivity contribution in [3.05, 3.63) is 0 Å². The lowest BCUT2D eigenvalue weighted by atomic mass is 9.79. The third-order valence-corrected chi connectivity index (χ3v) is 3.92. The molecule has 2 fully saturated rings. The maximum absolute atomic E-state index is 12.1. The van der Waals surface area contributed by atoms with E-state index >= 15 is 0 Å². The van der Waals surface area contributed by atoms with Crippen LogP contribution in [0.25, 0.3) is 0 Å². The zero-order valence-corrected chi connectivity index (χ0v) is 10.5. The molecule has 1 aliphatic carbocycles. The monoisotopic (exact) mass is 226 g/mol. The van der Waals surface area contributed by atoms with Gasteiger partial charge < -0.3 is 9.64 Å². The second-order valence-electron chi connectivity index (χ2n) is 5.36. The molecule has 1 N–H and O–H groups in total. The SMILES string of the molecule is COC1(CN2CNC(C(C)C)C2=O)CCC1. The summed E-state index contributed by atoms with van der Waals surface area (Å²) in [4.78, 5) is 14.0. The van der Waals surface area contributed by atoms with Gasteiger partial charge in [-0.1, -0.05) is 13.8 Å². The molecular formula is C12H22N2O2. The predicted molar refractivity (Wildman–Crippen MR) is 61.9 cm³/mol. The quantitative estimate of drug-likeness (QED) is 0.776. The lowest BCUT2D eigenvalue weighted by Crippen LogP contribution is -2.50. The lowest BCUT2D eigenvalue weighted by molar-refractivity contribution is -0.138. The molecule has 2 aliphatic rings. The molecule has 0 aromatic rings. The number of hydrogen-bond donors (Lipinski definition) is 1. The Morgan fingerprint density at radius 2 is 2.25 bits per heavy atom. The van der Waals surface area contributed by atoms with Gasteiger partial charge in [0.15, 0.2) is 0 Å². The number of carbonyl (C=O) groups is 1. The number of hydrogen-bond acceptors (Lipinski definition) is 3. The van der Waals surface area contributed by atoms with Gasteiger partial charge in [-0.25, -0.2) is 0 Å². The van der Waals surface area contributed by atoms with Gasteiger partial charge in [-0.3, -0.25) is 10.1 Å². The Labute approximate surface area is 97.3 Å². The molecule has 1 atom stereocenters. The minimum atomic E-state index is -0.0524. The summed E-state index contributed by atoms with van der Waals surface area (Å²) in [5.41, 5.74) is -0.0524. The zero-order valence-electron chi connectivity index (χ0n) is 10.5. The Bertz CT molecular complexity index is 269. The highest BCUT2D eigenvalue weighted by atomic mass is 16.5. The molecule has 16 heavy (non-hydrogen) atoms. The molecule has 4 heteroatoms. The van der Waals surface area contributed by atoms with E-state index in [-0.39, 0.29) is 17.6 Å². The molecule has 92 valence electrons. The van der Waals surface area contributed by atoms with Crippen molar-refractivity contribution in [2.45, 2.75) is 44.8 Å². The molecule has 0 aromatic heterocycles. The highest BCUT2D eigenvalue weighted by molar-refractivity contribution is 5.84. The molecule has 1 unspecified atom stereocenters. The molecule has 1 heterocycles. The topological polar surface area (TPSA) is 41.6 Å². The Morgan fingerprint density at radius 3 is 2.62 bits per heavy atom. The lowest BCUT2D eigenvalue weighted by Gasteiger charge is -2.42. The van der Waals surface area contributed by atoms with Crippen LogP contribution in [-0.2, 0) is 9.53 Å². The molecule has 0 bridgehead atoms. The van der Waals surface area contributed by atoms with Crippen molar-refractivity contribution in [2.24, 2.45) is 5.92 Å². The minimum Gasteiger partial charge on any atom is -0.376 e. The summed E-state index contributed by atoms with van der Waals surface area (Å²) in [6.45, 7) is 5.58. The number of methoxy groups -OCH3 is 1. The summed E-state index contributed by atoms with van der Waals surface area (Å²) in [5, 5.41) is 3.27. The van der Waals surface area contributed by atoms with E-state index in [1.54, 1.807) is 7.11 Å². The van der Waals surface area contributed by atoms with Crippen LogP contribution in [0.4, 0.5) is 0 Å². The standard InChI is InChI=1S/C12H22N2O2/c1-9(2)10-11(15)14(8-13-10)7-12(16-3)5-4-6-12/h9-10,13H,4-8H2,1-3H3. The summed E-state index contributed by atoms with van der Waals surface area (Å²) in [7, 11) is 1.76. The maximum Gasteiger partial charge on any atom is 0.241 e. The van der Waals surface area contributed by atoms with E-state index in [4.69, 9.17) is 4.74 Å². The summed E-state index contributed by atoms with van der Waals surface area (Å²) >= 11 is 0. The van der Waals surface area contributed by atoms with E-state index in [9.17, 15) is 4.79 Å². The summed E-state index contributed by atoms with van der Waals surface area (Å²) < 4.78 is 5.56. The summed E-state index contributed by atoms with van der Waals surface area (Å²) in [5.74, 6) is 0.593. The van der Waals surface area contributed by atoms with Crippen molar-refractivity contribution in [1.29, 1.82) is 0 Å². The van der Waals surface area contributed by atoms with Gasteiger partial charge in [0.05, 0.1) is 24.9 Å². The first-order valence-electron chi connectivity index (χ1n) is 6.15. The van der Waals surface area contributed by atoms with Gasteiger partial charge in [0, 0.05) is 7.11 Å². The van der Waals surface area contributed by atoms with Crippen LogP contribution in [0.5, 0.6) is 0 Å². The zero-order chi connectivity index (χ0) is 11.8. The van der Waals surface area contributed by atoms with Gasteiger partial charge in [0.2, 0.25) is 5.91 Å². The number of ether oxygens (including phenoxy) is 1. The fourth-order valence-electron chi connectivity index (χ4n) is 2.57. The van der Waals surface area contributed by atoms with E-state index in [1.807, 2.05) is 4.90 Å². The summed E-state index contributed by atoms with van der Waals surface area (Å²) in [6, 6.07) is -0.00557. The van der Waals surface area contributed by atoms with Crippen molar-refractivity contribution in [3.63, 3.8) is 0 Å². The fourth-order valence-corrected chi connectivity index (χ4v) is 2.57. The summed E-state index contributed by atoms with van der Waals surface area (Å²) in [6.07, 6.45) is 3.39. The second kappa shape index (κ2) is 4.34. The van der Waals surface area contributed by atoms with Gasteiger partial charge in [-0.15, -0.1) is 0 Å². The number of amides is 1. The molecule has 1 amide bonds. The average Bonchev–Trinajstić information content (AvgIpc) is 2.54. The van der Waals surface area contributed by atoms with E-state index < -0.39 is 0 Å². The fraction of sp³-hybridized carbons (Fsp3) is 0.917. The predicted octanol–water partition coefficient (Wildman–Crippen LogP) is 0.969. The van der Waals surface area contributed by atoms with Crippen LogP contribution in [0.15, 0.2) is 0 Å². The minimum absolute atomic E-state index is 0.00557. The van der Waals surface area contributed by atoms with Gasteiger partial charge in [-0.2, -0.15) is 0 Å². The van der Waals surface area contributed by atoms with Gasteiger partial charge in [-0.05, 0) is 25.2 Å². The number of nitrogens with zero attached hydrogens (tertiary/aromatic N) is 1. The molecular weight excluding hydrogens is 204 g/mol. The average molecular weight is 226 g/mol. The normalized spacial score (nSPS) is 28.6. The van der Waals surface area contributed by atoms with E-state index in [0.29, 0.717) is 12.6 Å². The number of rotatable bonds is 4. The second-order valence-corrected chi connectivity index (χ2v) is 5.36. The Kier molecular flexibility index (Phi) is 3.22. The van der Waals surface area contributed by atoms with E-state index in [0.717, 1.165) is 19.4 Å². The van der Waals surface area contributed by atoms with Crippen LogP contribution in [0.1, 0.15) is 33.1 Å². The molecule has 4 nitrogen and oxygen atoms in total. The van der Waals surface area contributed by atoms with Crippen molar-refractivity contribution >= 4 is 5.91 Å². The van der Waals surface area contributed by atoms with Crippen molar-refractivity contribution in [3.8, 4) is 0 Å².